The zero-order valence-electron chi connectivity index (χ0n) is 11.5. The lowest BCUT2D eigenvalue weighted by Crippen LogP contribution is -2.27. The molecule has 5 nitrogen and oxygen atoms in total. The van der Waals surface area contributed by atoms with Gasteiger partial charge in [-0.25, -0.2) is 0 Å². The monoisotopic (exact) mass is 282 g/mol. The van der Waals surface area contributed by atoms with Crippen LogP contribution in [0.5, 0.6) is 0 Å². The number of benzene rings is 1. The average Bonchev–Trinajstić information content (AvgIpc) is 2.48. The first kappa shape index (κ1) is 14.7. The van der Waals surface area contributed by atoms with Crippen molar-refractivity contribution in [1.82, 2.24) is 10.3 Å². The van der Waals surface area contributed by atoms with Crippen molar-refractivity contribution in [2.45, 2.75) is 6.42 Å². The Labute approximate surface area is 123 Å². The second-order valence-electron chi connectivity index (χ2n) is 4.46. The van der Waals surface area contributed by atoms with Gasteiger partial charge in [0.15, 0.2) is 0 Å². The molecule has 0 bridgehead atoms. The molecule has 1 radical (unpaired) electrons. The molecule has 0 saturated carbocycles. The third-order valence-electron chi connectivity index (χ3n) is 2.91. The molecule has 1 aromatic carbocycles. The van der Waals surface area contributed by atoms with Gasteiger partial charge in [0, 0.05) is 19.2 Å². The molecule has 2 rings (SSSR count). The molecule has 0 aliphatic heterocycles. The van der Waals surface area contributed by atoms with Gasteiger partial charge >= 0.3 is 0 Å². The van der Waals surface area contributed by atoms with Gasteiger partial charge in [0.05, 0.1) is 17.7 Å². The molecule has 107 valence electrons. The molecular weight excluding hydrogens is 266 g/mol. The number of carbonyl (C=O) groups is 2. The summed E-state index contributed by atoms with van der Waals surface area (Å²) in [5.41, 5.74) is 7.09. The van der Waals surface area contributed by atoms with Gasteiger partial charge in [-0.15, -0.1) is 0 Å². The summed E-state index contributed by atoms with van der Waals surface area (Å²) in [4.78, 5) is 27.1. The molecule has 0 atom stereocenters. The van der Waals surface area contributed by atoms with Crippen molar-refractivity contribution in [3.8, 4) is 0 Å². The number of hydrogen-bond acceptors (Lipinski definition) is 3. The molecule has 21 heavy (non-hydrogen) atoms. The largest absolute Gasteiger partial charge is 0.366 e. The second-order valence-corrected chi connectivity index (χ2v) is 4.46. The Morgan fingerprint density at radius 1 is 1.14 bits per heavy atom. The van der Waals surface area contributed by atoms with Crippen LogP contribution in [0.1, 0.15) is 21.6 Å². The summed E-state index contributed by atoms with van der Waals surface area (Å²) in [5.74, 6) is -0.696. The highest BCUT2D eigenvalue weighted by molar-refractivity contribution is 5.93. The summed E-state index contributed by atoms with van der Waals surface area (Å²) < 4.78 is 0. The lowest BCUT2D eigenvalue weighted by molar-refractivity contribution is -0.117. The van der Waals surface area contributed by atoms with Crippen LogP contribution in [0.2, 0.25) is 0 Å². The number of aromatic nitrogens is 1. The predicted molar refractivity (Wildman–Crippen MR) is 79.3 cm³/mol. The maximum absolute atomic E-state index is 11.7. The number of nitrogens with one attached hydrogen (secondary N) is 1. The van der Waals surface area contributed by atoms with E-state index in [1.54, 1.807) is 18.3 Å². The summed E-state index contributed by atoms with van der Waals surface area (Å²) >= 11 is 0. The summed E-state index contributed by atoms with van der Waals surface area (Å²) in [7, 11) is 0. The van der Waals surface area contributed by atoms with Crippen LogP contribution in [-0.2, 0) is 11.2 Å². The van der Waals surface area contributed by atoms with E-state index in [-0.39, 0.29) is 5.91 Å². The van der Waals surface area contributed by atoms with Gasteiger partial charge < -0.3 is 11.1 Å². The summed E-state index contributed by atoms with van der Waals surface area (Å²) in [6.45, 7) is 0.388. The minimum atomic E-state index is -0.514. The molecule has 3 N–H and O–H groups in total. The normalized spacial score (nSPS) is 10.1. The van der Waals surface area contributed by atoms with E-state index in [0.717, 1.165) is 5.56 Å². The van der Waals surface area contributed by atoms with Crippen molar-refractivity contribution in [2.24, 2.45) is 5.73 Å². The topological polar surface area (TPSA) is 85.1 Å². The van der Waals surface area contributed by atoms with Crippen LogP contribution in [-0.4, -0.2) is 23.3 Å². The Bertz CT molecular complexity index is 626. The maximum atomic E-state index is 11.7. The van der Waals surface area contributed by atoms with Crippen LogP contribution in [0.15, 0.2) is 48.7 Å². The molecule has 1 aromatic heterocycles. The standard InChI is InChI=1S/C16H16N3O2/c17-16(21)13-7-4-9-18-14(13)8-10-19-15(20)11-12-5-2-1-3-6-12/h1-7,9,11H,8,10H2,(H2,17,21)(H,19,20). The number of pyridine rings is 1. The third kappa shape index (κ3) is 4.42. The Balaban J connectivity index is 1.84. The number of hydrogen-bond donors (Lipinski definition) is 2. The second kappa shape index (κ2) is 7.19. The minimum absolute atomic E-state index is 0.183. The highest BCUT2D eigenvalue weighted by Crippen LogP contribution is 2.05. The fourth-order valence-electron chi connectivity index (χ4n) is 1.92. The fourth-order valence-corrected chi connectivity index (χ4v) is 1.92. The van der Waals surface area contributed by atoms with Gasteiger partial charge in [0.25, 0.3) is 5.91 Å². The summed E-state index contributed by atoms with van der Waals surface area (Å²) in [6.07, 6.45) is 3.57. The van der Waals surface area contributed by atoms with Crippen molar-refractivity contribution in [1.29, 1.82) is 0 Å². The first-order chi connectivity index (χ1) is 10.2. The number of rotatable bonds is 6. The van der Waals surface area contributed by atoms with Crippen molar-refractivity contribution in [3.05, 3.63) is 71.9 Å². The summed E-state index contributed by atoms with van der Waals surface area (Å²) in [6, 6.07) is 12.6. The van der Waals surface area contributed by atoms with Gasteiger partial charge in [-0.2, -0.15) is 0 Å². The smallest absolute Gasteiger partial charge is 0.250 e. The van der Waals surface area contributed by atoms with Gasteiger partial charge in [-0.3, -0.25) is 14.6 Å². The minimum Gasteiger partial charge on any atom is -0.366 e. The Morgan fingerprint density at radius 3 is 2.62 bits per heavy atom. The molecular formula is C16H16N3O2. The fraction of sp³-hybridized carbons (Fsp3) is 0.125. The van der Waals surface area contributed by atoms with Crippen LogP contribution in [0, 0.1) is 6.42 Å². The van der Waals surface area contributed by atoms with Crippen molar-refractivity contribution < 1.29 is 9.59 Å². The van der Waals surface area contributed by atoms with E-state index in [2.05, 4.69) is 10.3 Å². The zero-order valence-corrected chi connectivity index (χ0v) is 11.5. The Kier molecular flexibility index (Phi) is 5.04. The van der Waals surface area contributed by atoms with Gasteiger partial charge in [-0.05, 0) is 17.7 Å². The first-order valence-corrected chi connectivity index (χ1v) is 6.58. The molecule has 0 saturated heterocycles. The lowest BCUT2D eigenvalue weighted by atomic mass is 10.1. The summed E-state index contributed by atoms with van der Waals surface area (Å²) in [5, 5.41) is 2.76. The van der Waals surface area contributed by atoms with Crippen LogP contribution >= 0.6 is 0 Å². The van der Waals surface area contributed by atoms with E-state index in [0.29, 0.717) is 24.2 Å². The molecule has 0 aliphatic carbocycles. The van der Waals surface area contributed by atoms with Crippen LogP contribution < -0.4 is 11.1 Å². The van der Waals surface area contributed by atoms with E-state index < -0.39 is 5.91 Å². The Hall–Kier alpha value is -2.69. The quantitative estimate of drug-likeness (QED) is 0.831. The lowest BCUT2D eigenvalue weighted by Gasteiger charge is -2.07. The van der Waals surface area contributed by atoms with E-state index >= 15 is 0 Å². The van der Waals surface area contributed by atoms with E-state index in [4.69, 9.17) is 5.73 Å². The molecule has 0 aliphatic rings. The number of nitrogens with zero attached hydrogens (tertiary/aromatic N) is 1. The zero-order chi connectivity index (χ0) is 15.1. The van der Waals surface area contributed by atoms with E-state index in [1.165, 1.54) is 6.42 Å². The van der Waals surface area contributed by atoms with Crippen LogP contribution in [0.4, 0.5) is 0 Å². The van der Waals surface area contributed by atoms with Crippen molar-refractivity contribution in [2.75, 3.05) is 6.54 Å². The van der Waals surface area contributed by atoms with Crippen LogP contribution in [0.3, 0.4) is 0 Å². The molecule has 2 amide bonds. The van der Waals surface area contributed by atoms with Gasteiger partial charge in [0.1, 0.15) is 0 Å². The molecule has 0 unspecified atom stereocenters. The van der Waals surface area contributed by atoms with E-state index in [9.17, 15) is 9.59 Å². The molecule has 0 fully saturated rings. The van der Waals surface area contributed by atoms with E-state index in [1.807, 2.05) is 30.3 Å². The van der Waals surface area contributed by atoms with Gasteiger partial charge in [0.2, 0.25) is 5.91 Å². The Morgan fingerprint density at radius 2 is 1.90 bits per heavy atom. The first-order valence-electron chi connectivity index (χ1n) is 6.58. The highest BCUT2D eigenvalue weighted by atomic mass is 16.1. The van der Waals surface area contributed by atoms with Gasteiger partial charge in [-0.1, -0.05) is 30.3 Å². The predicted octanol–water partition coefficient (Wildman–Crippen LogP) is 1.09. The average molecular weight is 282 g/mol. The number of amides is 2. The maximum Gasteiger partial charge on any atom is 0.250 e. The molecule has 1 heterocycles. The SMILES string of the molecule is NC(=O)c1cccnc1CCNC(=O)[CH]c1ccccc1. The number of carbonyl (C=O) groups excluding carboxylic acids is 2. The number of nitrogens with two attached hydrogens (primary N) is 1. The van der Waals surface area contributed by atoms with Crippen LogP contribution in [0.25, 0.3) is 0 Å². The molecule has 0 spiro atoms. The number of primary amides is 1. The van der Waals surface area contributed by atoms with Crippen molar-refractivity contribution >= 4 is 11.8 Å². The molecule has 2 aromatic rings. The highest BCUT2D eigenvalue weighted by Gasteiger charge is 2.09. The molecule has 5 heteroatoms. The third-order valence-corrected chi connectivity index (χ3v) is 2.91. The van der Waals surface area contributed by atoms with Crippen molar-refractivity contribution in [3.63, 3.8) is 0 Å².